The first-order chi connectivity index (χ1) is 31.7. The van der Waals surface area contributed by atoms with E-state index in [1.165, 1.54) is 16.2 Å². The van der Waals surface area contributed by atoms with Gasteiger partial charge in [-0.15, -0.1) is 0 Å². The van der Waals surface area contributed by atoms with E-state index in [1.807, 2.05) is 12.1 Å². The topological polar surface area (TPSA) is 56.7 Å². The smallest absolute Gasteiger partial charge is 0.170 e. The summed E-state index contributed by atoms with van der Waals surface area (Å²) in [4.78, 5) is 16.2. The van der Waals surface area contributed by atoms with Crippen LogP contribution in [0.15, 0.2) is 223 Å². The number of furan rings is 1. The lowest BCUT2D eigenvalue weighted by atomic mass is 10.0. The summed E-state index contributed by atoms with van der Waals surface area (Å²) in [6, 6.07) is 76.8. The molecule has 5 heteroatoms. The minimum absolute atomic E-state index is 0.521. The zero-order valence-electron chi connectivity index (χ0n) is 34.5. The van der Waals surface area contributed by atoms with Crippen molar-refractivity contribution in [3.63, 3.8) is 0 Å². The largest absolute Gasteiger partial charge is 0.455 e. The van der Waals surface area contributed by atoms with Crippen LogP contribution < -0.4 is 0 Å². The summed E-state index contributed by atoms with van der Waals surface area (Å²) >= 11 is 0. The Morgan fingerprint density at radius 3 is 1.69 bits per heavy atom. The maximum Gasteiger partial charge on any atom is 0.170 e. The predicted molar refractivity (Wildman–Crippen MR) is 264 cm³/mol. The highest BCUT2D eigenvalue weighted by Gasteiger charge is 2.25. The Kier molecular flexibility index (Phi) is 8.15. The van der Waals surface area contributed by atoms with E-state index in [4.69, 9.17) is 19.4 Å². The molecule has 13 rings (SSSR count). The Morgan fingerprint density at radius 2 is 0.906 bits per heavy atom. The van der Waals surface area contributed by atoms with E-state index in [-0.39, 0.29) is 0 Å². The zero-order chi connectivity index (χ0) is 42.1. The molecule has 0 N–H and O–H groups in total. The molecule has 0 unspecified atom stereocenters. The summed E-state index contributed by atoms with van der Waals surface area (Å²) in [5.74, 6) is 1.66. The molecule has 0 radical (unpaired) electrons. The average Bonchev–Trinajstić information content (AvgIpc) is 3.91. The molecule has 3 aromatic heterocycles. The van der Waals surface area contributed by atoms with Crippen LogP contribution in [-0.4, -0.2) is 19.5 Å². The molecule has 13 aromatic rings. The van der Waals surface area contributed by atoms with Crippen LogP contribution in [0.25, 0.3) is 127 Å². The third-order valence-corrected chi connectivity index (χ3v) is 12.6. The number of hydrogen-bond acceptors (Lipinski definition) is 4. The van der Waals surface area contributed by atoms with Crippen molar-refractivity contribution in [2.45, 2.75) is 0 Å². The van der Waals surface area contributed by atoms with Gasteiger partial charge in [0.25, 0.3) is 0 Å². The highest BCUT2D eigenvalue weighted by Crippen LogP contribution is 2.45. The highest BCUT2D eigenvalue weighted by atomic mass is 16.3. The summed E-state index contributed by atoms with van der Waals surface area (Å²) in [7, 11) is 0. The third-order valence-electron chi connectivity index (χ3n) is 12.6. The monoisotopic (exact) mass is 816 g/mol. The van der Waals surface area contributed by atoms with E-state index in [0.717, 1.165) is 93.8 Å². The summed E-state index contributed by atoms with van der Waals surface area (Å²) in [5, 5.41) is 9.05. The van der Waals surface area contributed by atoms with Gasteiger partial charge in [0.15, 0.2) is 17.5 Å². The Balaban J connectivity index is 1.13. The number of fused-ring (bicyclic) bond motifs is 9. The van der Waals surface area contributed by atoms with Gasteiger partial charge >= 0.3 is 0 Å². The second-order valence-corrected chi connectivity index (χ2v) is 16.4. The number of para-hydroxylation sites is 1. The van der Waals surface area contributed by atoms with Crippen molar-refractivity contribution in [2.75, 3.05) is 0 Å². The predicted octanol–water partition coefficient (Wildman–Crippen LogP) is 15.5. The number of hydrogen-bond donors (Lipinski definition) is 0. The van der Waals surface area contributed by atoms with Crippen LogP contribution in [0.1, 0.15) is 0 Å². The van der Waals surface area contributed by atoms with E-state index in [2.05, 4.69) is 211 Å². The van der Waals surface area contributed by atoms with Gasteiger partial charge in [-0.3, -0.25) is 0 Å². The van der Waals surface area contributed by atoms with Gasteiger partial charge in [0.1, 0.15) is 11.2 Å². The quantitative estimate of drug-likeness (QED) is 0.168. The molecule has 0 spiro atoms. The van der Waals surface area contributed by atoms with E-state index in [0.29, 0.717) is 17.5 Å². The molecule has 0 aliphatic carbocycles. The highest BCUT2D eigenvalue weighted by molar-refractivity contribution is 6.22. The first-order valence-electron chi connectivity index (χ1n) is 21.6. The molecule has 0 atom stereocenters. The van der Waals surface area contributed by atoms with Crippen molar-refractivity contribution >= 4 is 65.3 Å². The molecule has 3 heterocycles. The van der Waals surface area contributed by atoms with Gasteiger partial charge < -0.3 is 8.98 Å². The number of rotatable bonds is 6. The zero-order valence-corrected chi connectivity index (χ0v) is 34.5. The second kappa shape index (κ2) is 14.5. The van der Waals surface area contributed by atoms with Gasteiger partial charge in [-0.2, -0.15) is 0 Å². The molecule has 64 heavy (non-hydrogen) atoms. The fraction of sp³-hybridized carbons (Fsp3) is 0. The van der Waals surface area contributed by atoms with Crippen molar-refractivity contribution < 1.29 is 4.42 Å². The van der Waals surface area contributed by atoms with E-state index in [1.54, 1.807) is 0 Å². The molecule has 0 aliphatic rings. The normalized spacial score (nSPS) is 11.8. The van der Waals surface area contributed by atoms with Gasteiger partial charge in [-0.25, -0.2) is 15.0 Å². The average molecular weight is 817 g/mol. The van der Waals surface area contributed by atoms with Crippen molar-refractivity contribution in [2.24, 2.45) is 0 Å². The molecule has 0 bridgehead atoms. The summed E-state index contributed by atoms with van der Waals surface area (Å²) in [5.41, 5.74) is 11.6. The number of nitrogens with zero attached hydrogens (tertiary/aromatic N) is 4. The molecule has 0 amide bonds. The molecular weight excluding hydrogens is 781 g/mol. The van der Waals surface area contributed by atoms with Crippen molar-refractivity contribution in [3.8, 4) is 62.1 Å². The molecule has 0 fully saturated rings. The van der Waals surface area contributed by atoms with E-state index < -0.39 is 0 Å². The van der Waals surface area contributed by atoms with Crippen LogP contribution in [0.3, 0.4) is 0 Å². The minimum Gasteiger partial charge on any atom is -0.455 e. The van der Waals surface area contributed by atoms with Crippen LogP contribution in [0.2, 0.25) is 0 Å². The molecule has 5 nitrogen and oxygen atoms in total. The second-order valence-electron chi connectivity index (χ2n) is 16.4. The number of aromatic nitrogens is 4. The lowest BCUT2D eigenvalue weighted by Crippen LogP contribution is -2.04. The lowest BCUT2D eigenvalue weighted by molar-refractivity contribution is 0.669. The molecule has 0 saturated carbocycles. The van der Waals surface area contributed by atoms with Gasteiger partial charge in [-0.1, -0.05) is 176 Å². The van der Waals surface area contributed by atoms with Crippen LogP contribution in [-0.2, 0) is 0 Å². The summed E-state index contributed by atoms with van der Waals surface area (Å²) in [6.45, 7) is 0. The number of benzene rings is 10. The maximum absolute atomic E-state index is 7.10. The maximum atomic E-state index is 7.10. The fourth-order valence-corrected chi connectivity index (χ4v) is 9.57. The third kappa shape index (κ3) is 5.83. The van der Waals surface area contributed by atoms with Crippen LogP contribution >= 0.6 is 0 Å². The summed E-state index contributed by atoms with van der Waals surface area (Å²) in [6.07, 6.45) is 0. The first kappa shape index (κ1) is 36.0. The molecule has 10 aromatic carbocycles. The summed E-state index contributed by atoms with van der Waals surface area (Å²) < 4.78 is 9.46. The SMILES string of the molecule is c1ccc(-c2ccc(-c3nc(-c4cccc(-c5ccccc5)c4)nc(-c4c(-n5c6ccccc6c6cc7ccccc7cc65)ccc5c4oc4ccc6ccccc6c45)n3)cc2)cc1. The molecule has 0 saturated heterocycles. The van der Waals surface area contributed by atoms with Crippen LogP contribution in [0.4, 0.5) is 0 Å². The van der Waals surface area contributed by atoms with Gasteiger partial charge in [0.05, 0.1) is 22.3 Å². The lowest BCUT2D eigenvalue weighted by Gasteiger charge is -2.16. The van der Waals surface area contributed by atoms with Crippen molar-refractivity contribution in [3.05, 3.63) is 218 Å². The Hall–Kier alpha value is -8.67. The van der Waals surface area contributed by atoms with E-state index in [9.17, 15) is 0 Å². The Labute approximate surface area is 368 Å². The van der Waals surface area contributed by atoms with Crippen LogP contribution in [0, 0.1) is 0 Å². The van der Waals surface area contributed by atoms with Crippen molar-refractivity contribution in [1.29, 1.82) is 0 Å². The van der Waals surface area contributed by atoms with E-state index >= 15 is 0 Å². The standard InChI is InChI=1S/C59H36N4O/c1-3-14-37(15-4-1)39-26-28-41(29-27-39)57-60-58(45-22-13-21-42(34-45)38-16-5-2-6-17-38)62-59(61-57)55-51(32-31-48-54-46-23-10-9-18-40(46)30-33-53(54)64-56(48)55)63-50-25-12-11-24-47(50)49-35-43-19-7-8-20-44(43)36-52(49)63/h1-36H. The molecule has 298 valence electrons. The Bertz CT molecular complexity index is 3940. The van der Waals surface area contributed by atoms with Crippen molar-refractivity contribution in [1.82, 2.24) is 19.5 Å². The van der Waals surface area contributed by atoms with Gasteiger partial charge in [0, 0.05) is 32.7 Å². The van der Waals surface area contributed by atoms with Gasteiger partial charge in [0.2, 0.25) is 0 Å². The molecular formula is C59H36N4O. The molecule has 0 aliphatic heterocycles. The Morgan fingerprint density at radius 1 is 0.328 bits per heavy atom. The van der Waals surface area contributed by atoms with Crippen LogP contribution in [0.5, 0.6) is 0 Å². The minimum atomic E-state index is 0.521. The fourth-order valence-electron chi connectivity index (χ4n) is 9.57. The first-order valence-corrected chi connectivity index (χ1v) is 21.6. The van der Waals surface area contributed by atoms with Gasteiger partial charge in [-0.05, 0) is 86.3 Å².